The molecule has 0 spiro atoms. The highest BCUT2D eigenvalue weighted by molar-refractivity contribution is 7.99. The molecule has 6 nitrogen and oxygen atoms in total. The predicted molar refractivity (Wildman–Crippen MR) is 128 cm³/mol. The smallest absolute Gasteiger partial charge is 0.233 e. The number of hydrogen-bond acceptors (Lipinski definition) is 6. The maximum absolute atomic E-state index is 13.5. The van der Waals surface area contributed by atoms with Gasteiger partial charge in [-0.15, -0.1) is 0 Å². The molecule has 3 rings (SSSR count). The van der Waals surface area contributed by atoms with Gasteiger partial charge in [0.2, 0.25) is 5.91 Å². The van der Waals surface area contributed by atoms with Crippen LogP contribution >= 0.6 is 11.8 Å². The Kier molecular flexibility index (Phi) is 9.50. The van der Waals surface area contributed by atoms with E-state index in [1.165, 1.54) is 23.9 Å². The Morgan fingerprint density at radius 3 is 2.41 bits per heavy atom. The van der Waals surface area contributed by atoms with Crippen LogP contribution in [0.25, 0.3) is 0 Å². The Bertz CT molecular complexity index is 1070. The molecule has 34 heavy (non-hydrogen) atoms. The van der Waals surface area contributed by atoms with E-state index in [2.05, 4.69) is 16.9 Å². The van der Waals surface area contributed by atoms with Crippen LogP contribution in [0.15, 0.2) is 66.1 Å². The molecule has 9 heteroatoms. The third-order valence-corrected chi connectivity index (χ3v) is 6.15. The summed E-state index contributed by atoms with van der Waals surface area (Å²) in [6.45, 7) is 2.32. The number of nitrogens with zero attached hydrogens (tertiary/aromatic N) is 3. The lowest BCUT2D eigenvalue weighted by atomic mass is 10.0. The standard InChI is InChI=1S/C25H28F2N4O2S/c1-2-17-5-3-6-18(9-17)14-31(24(33)16-34-25-29-7-4-8-30-25)15-23(32)22(28)12-19-10-20(26)13-21(27)11-19/h3-11,13,22-23,32H,2,12,14-16,28H2,1H3/t22-,23+/m0/s1. The van der Waals surface area contributed by atoms with Gasteiger partial charge >= 0.3 is 0 Å². The molecular formula is C25H28F2N4O2S. The van der Waals surface area contributed by atoms with E-state index in [-0.39, 0.29) is 24.6 Å². The summed E-state index contributed by atoms with van der Waals surface area (Å²) in [7, 11) is 0. The van der Waals surface area contributed by atoms with Crippen molar-refractivity contribution >= 4 is 17.7 Å². The van der Waals surface area contributed by atoms with Crippen molar-refractivity contribution < 1.29 is 18.7 Å². The van der Waals surface area contributed by atoms with Gasteiger partial charge in [0.15, 0.2) is 5.16 Å². The summed E-state index contributed by atoms with van der Waals surface area (Å²) in [4.78, 5) is 22.9. The van der Waals surface area contributed by atoms with Crippen molar-refractivity contribution in [1.82, 2.24) is 14.9 Å². The number of aliphatic hydroxyl groups excluding tert-OH is 1. The van der Waals surface area contributed by atoms with E-state index >= 15 is 0 Å². The third-order valence-electron chi connectivity index (χ3n) is 5.29. The van der Waals surface area contributed by atoms with Crippen LogP contribution in [0.3, 0.4) is 0 Å². The van der Waals surface area contributed by atoms with Crippen LogP contribution in [0.4, 0.5) is 8.78 Å². The molecule has 0 saturated heterocycles. The van der Waals surface area contributed by atoms with E-state index in [4.69, 9.17) is 5.73 Å². The second-order valence-corrected chi connectivity index (χ2v) is 8.92. The summed E-state index contributed by atoms with van der Waals surface area (Å²) in [5.74, 6) is -1.52. The molecule has 3 N–H and O–H groups in total. The van der Waals surface area contributed by atoms with E-state index in [0.29, 0.717) is 17.3 Å². The van der Waals surface area contributed by atoms with Crippen LogP contribution in [0.2, 0.25) is 0 Å². The van der Waals surface area contributed by atoms with Gasteiger partial charge in [-0.2, -0.15) is 0 Å². The van der Waals surface area contributed by atoms with Crippen molar-refractivity contribution in [3.05, 3.63) is 89.2 Å². The Labute approximate surface area is 202 Å². The fraction of sp³-hybridized carbons (Fsp3) is 0.320. The van der Waals surface area contributed by atoms with Crippen LogP contribution < -0.4 is 5.73 Å². The van der Waals surface area contributed by atoms with Gasteiger partial charge < -0.3 is 15.7 Å². The molecule has 0 bridgehead atoms. The van der Waals surface area contributed by atoms with Crippen molar-refractivity contribution in [2.45, 2.75) is 43.6 Å². The molecule has 2 atom stereocenters. The first-order valence-electron chi connectivity index (χ1n) is 11.0. The molecule has 3 aromatic rings. The number of nitrogens with two attached hydrogens (primary N) is 1. The second-order valence-electron chi connectivity index (χ2n) is 7.98. The lowest BCUT2D eigenvalue weighted by molar-refractivity contribution is -0.130. The van der Waals surface area contributed by atoms with Crippen molar-refractivity contribution in [2.75, 3.05) is 12.3 Å². The molecule has 1 aromatic heterocycles. The van der Waals surface area contributed by atoms with Gasteiger partial charge in [0.1, 0.15) is 11.6 Å². The Balaban J connectivity index is 1.70. The summed E-state index contributed by atoms with van der Waals surface area (Å²) >= 11 is 1.21. The summed E-state index contributed by atoms with van der Waals surface area (Å²) in [5, 5.41) is 11.2. The molecule has 0 fully saturated rings. The molecule has 1 amide bonds. The molecule has 0 aliphatic carbocycles. The van der Waals surface area contributed by atoms with E-state index in [1.807, 2.05) is 24.3 Å². The van der Waals surface area contributed by atoms with Gasteiger partial charge in [-0.1, -0.05) is 43.0 Å². The molecule has 0 radical (unpaired) electrons. The minimum Gasteiger partial charge on any atom is -0.390 e. The molecule has 0 aliphatic rings. The zero-order chi connectivity index (χ0) is 24.5. The number of rotatable bonds is 11. The number of aliphatic hydroxyl groups is 1. The maximum atomic E-state index is 13.5. The van der Waals surface area contributed by atoms with Crippen molar-refractivity contribution in [2.24, 2.45) is 5.73 Å². The highest BCUT2D eigenvalue weighted by Crippen LogP contribution is 2.17. The van der Waals surface area contributed by atoms with Crippen molar-refractivity contribution in [3.63, 3.8) is 0 Å². The largest absolute Gasteiger partial charge is 0.390 e. The number of aryl methyl sites for hydroxylation is 1. The second kappa shape index (κ2) is 12.5. The van der Waals surface area contributed by atoms with Gasteiger partial charge in [0.05, 0.1) is 11.9 Å². The van der Waals surface area contributed by atoms with Gasteiger partial charge in [0, 0.05) is 37.6 Å². The molecule has 1 heterocycles. The molecule has 0 aliphatic heterocycles. The number of thioether (sulfide) groups is 1. The monoisotopic (exact) mass is 486 g/mol. The van der Waals surface area contributed by atoms with E-state index in [0.717, 1.165) is 23.6 Å². The van der Waals surface area contributed by atoms with Crippen LogP contribution in [-0.2, 0) is 24.2 Å². The molecule has 2 aromatic carbocycles. The average molecular weight is 487 g/mol. The third kappa shape index (κ3) is 7.86. The van der Waals surface area contributed by atoms with Crippen LogP contribution in [0.5, 0.6) is 0 Å². The fourth-order valence-corrected chi connectivity index (χ4v) is 4.20. The summed E-state index contributed by atoms with van der Waals surface area (Å²) in [6, 6.07) is 11.9. The number of carbonyl (C=O) groups excluding carboxylic acids is 1. The number of benzene rings is 2. The number of amides is 1. The van der Waals surface area contributed by atoms with E-state index < -0.39 is 23.8 Å². The lowest BCUT2D eigenvalue weighted by Crippen LogP contribution is -2.46. The normalized spacial score (nSPS) is 12.9. The fourth-order valence-electron chi connectivity index (χ4n) is 3.50. The Hall–Kier alpha value is -2.88. The van der Waals surface area contributed by atoms with Crippen molar-refractivity contribution in [1.29, 1.82) is 0 Å². The maximum Gasteiger partial charge on any atom is 0.233 e. The van der Waals surface area contributed by atoms with Crippen LogP contribution in [0, 0.1) is 11.6 Å². The quantitative estimate of drug-likeness (QED) is 0.319. The highest BCUT2D eigenvalue weighted by Gasteiger charge is 2.23. The molecular weight excluding hydrogens is 458 g/mol. The summed E-state index contributed by atoms with van der Waals surface area (Å²) in [6.07, 6.45) is 3.04. The number of carbonyl (C=O) groups is 1. The summed E-state index contributed by atoms with van der Waals surface area (Å²) in [5.41, 5.74) is 8.56. The first-order valence-corrected chi connectivity index (χ1v) is 12.0. The number of aromatic nitrogens is 2. The van der Waals surface area contributed by atoms with E-state index in [1.54, 1.807) is 23.4 Å². The van der Waals surface area contributed by atoms with Gasteiger partial charge in [-0.25, -0.2) is 18.7 Å². The molecule has 0 unspecified atom stereocenters. The minimum atomic E-state index is -1.09. The Morgan fingerprint density at radius 2 is 1.74 bits per heavy atom. The topological polar surface area (TPSA) is 92.3 Å². The average Bonchev–Trinajstić information content (AvgIpc) is 2.82. The minimum absolute atomic E-state index is 0.0235. The van der Waals surface area contributed by atoms with Crippen LogP contribution in [-0.4, -0.2) is 50.3 Å². The van der Waals surface area contributed by atoms with Gasteiger partial charge in [-0.3, -0.25) is 4.79 Å². The summed E-state index contributed by atoms with van der Waals surface area (Å²) < 4.78 is 27.0. The zero-order valence-corrected chi connectivity index (χ0v) is 19.7. The number of halogens is 2. The first-order chi connectivity index (χ1) is 16.3. The SMILES string of the molecule is CCc1cccc(CN(C[C@@H](O)[C@@H](N)Cc2cc(F)cc(F)c2)C(=O)CSc2ncccn2)c1. The lowest BCUT2D eigenvalue weighted by Gasteiger charge is -2.28. The zero-order valence-electron chi connectivity index (χ0n) is 18.9. The van der Waals surface area contributed by atoms with E-state index in [9.17, 15) is 18.7 Å². The first kappa shape index (κ1) is 25.7. The molecule has 0 saturated carbocycles. The highest BCUT2D eigenvalue weighted by atomic mass is 32.2. The Morgan fingerprint density at radius 1 is 1.06 bits per heavy atom. The predicted octanol–water partition coefficient (Wildman–Crippen LogP) is 3.37. The van der Waals surface area contributed by atoms with Crippen molar-refractivity contribution in [3.8, 4) is 0 Å². The molecule has 180 valence electrons. The van der Waals surface area contributed by atoms with Crippen LogP contribution in [0.1, 0.15) is 23.6 Å². The number of hydrogen-bond donors (Lipinski definition) is 2. The van der Waals surface area contributed by atoms with Gasteiger partial charge in [-0.05, 0) is 47.7 Å². The van der Waals surface area contributed by atoms with Gasteiger partial charge in [0.25, 0.3) is 0 Å².